The molecule has 0 aliphatic rings. The Morgan fingerprint density at radius 2 is 2.06 bits per heavy atom. The zero-order valence-electron chi connectivity index (χ0n) is 10.6. The highest BCUT2D eigenvalue weighted by Gasteiger charge is 2.07. The van der Waals surface area contributed by atoms with E-state index >= 15 is 0 Å². The summed E-state index contributed by atoms with van der Waals surface area (Å²) in [6.07, 6.45) is 0.224. The summed E-state index contributed by atoms with van der Waals surface area (Å²) in [4.78, 5) is 0. The first-order valence-electron chi connectivity index (χ1n) is 5.81. The van der Waals surface area contributed by atoms with Gasteiger partial charge in [-0.25, -0.2) is 0 Å². The largest absolute Gasteiger partial charge is 0.489 e. The first kappa shape index (κ1) is 14.3. The second kappa shape index (κ2) is 7.54. The highest BCUT2D eigenvalue weighted by atomic mass is 35.5. The van der Waals surface area contributed by atoms with Crippen molar-refractivity contribution >= 4 is 11.6 Å². The van der Waals surface area contributed by atoms with Crippen molar-refractivity contribution < 1.29 is 9.47 Å². The molecule has 1 rings (SSSR count). The van der Waals surface area contributed by atoms with E-state index in [1.165, 1.54) is 0 Å². The van der Waals surface area contributed by atoms with E-state index in [2.05, 4.69) is 5.32 Å². The predicted molar refractivity (Wildman–Crippen MR) is 70.8 cm³/mol. The van der Waals surface area contributed by atoms with Crippen LogP contribution in [-0.4, -0.2) is 26.4 Å². The molecule has 0 amide bonds. The van der Waals surface area contributed by atoms with Crippen molar-refractivity contribution in [2.24, 2.45) is 0 Å². The number of hydrogen-bond donors (Lipinski definition) is 1. The monoisotopic (exact) mass is 257 g/mol. The van der Waals surface area contributed by atoms with Crippen molar-refractivity contribution in [2.75, 3.05) is 20.3 Å². The molecule has 0 spiro atoms. The molecule has 17 heavy (non-hydrogen) atoms. The molecule has 0 bridgehead atoms. The van der Waals surface area contributed by atoms with Gasteiger partial charge in [-0.3, -0.25) is 0 Å². The molecule has 0 heterocycles. The minimum atomic E-state index is 0.224. The van der Waals surface area contributed by atoms with E-state index in [4.69, 9.17) is 21.1 Å². The highest BCUT2D eigenvalue weighted by molar-refractivity contribution is 6.32. The first-order valence-corrected chi connectivity index (χ1v) is 6.19. The van der Waals surface area contributed by atoms with Gasteiger partial charge in [0.2, 0.25) is 0 Å². The van der Waals surface area contributed by atoms with Crippen LogP contribution in [0.4, 0.5) is 0 Å². The van der Waals surface area contributed by atoms with Gasteiger partial charge in [0.25, 0.3) is 0 Å². The number of rotatable bonds is 7. The molecule has 0 saturated carbocycles. The van der Waals surface area contributed by atoms with E-state index in [0.717, 1.165) is 17.9 Å². The summed E-state index contributed by atoms with van der Waals surface area (Å²) in [5, 5.41) is 3.73. The average molecular weight is 258 g/mol. The molecular formula is C13H20ClNO2. The van der Waals surface area contributed by atoms with Crippen LogP contribution in [0.1, 0.15) is 19.4 Å². The Bertz CT molecular complexity index is 342. The summed E-state index contributed by atoms with van der Waals surface area (Å²) < 4.78 is 11.1. The summed E-state index contributed by atoms with van der Waals surface area (Å²) in [5.74, 6) is 0.746. The first-order chi connectivity index (χ1) is 8.15. The average Bonchev–Trinajstić information content (AvgIpc) is 2.27. The van der Waals surface area contributed by atoms with Crippen LogP contribution in [-0.2, 0) is 11.3 Å². The van der Waals surface area contributed by atoms with Crippen molar-refractivity contribution in [1.82, 2.24) is 5.32 Å². The fraction of sp³-hybridized carbons (Fsp3) is 0.538. The number of ether oxygens (including phenoxy) is 2. The Labute approximate surface area is 108 Å². The Morgan fingerprint density at radius 3 is 2.71 bits per heavy atom. The quantitative estimate of drug-likeness (QED) is 0.762. The van der Waals surface area contributed by atoms with Gasteiger partial charge in [-0.2, -0.15) is 0 Å². The standard InChI is InChI=1S/C13H20ClNO2/c1-10(2)16-7-8-17-13-11(9-15-3)5-4-6-12(13)14/h4-6,10,15H,7-9H2,1-3H3. The van der Waals surface area contributed by atoms with Crippen molar-refractivity contribution in [3.8, 4) is 5.75 Å². The molecule has 0 unspecified atom stereocenters. The van der Waals surface area contributed by atoms with Crippen LogP contribution in [0.2, 0.25) is 5.02 Å². The zero-order valence-corrected chi connectivity index (χ0v) is 11.4. The van der Waals surface area contributed by atoms with E-state index in [-0.39, 0.29) is 6.10 Å². The minimum Gasteiger partial charge on any atom is -0.489 e. The van der Waals surface area contributed by atoms with Gasteiger partial charge in [-0.1, -0.05) is 23.7 Å². The molecule has 0 atom stereocenters. The predicted octanol–water partition coefficient (Wildman–Crippen LogP) is 2.86. The van der Waals surface area contributed by atoms with Crippen LogP contribution in [0.3, 0.4) is 0 Å². The van der Waals surface area contributed by atoms with Gasteiger partial charge in [0.05, 0.1) is 17.7 Å². The van der Waals surface area contributed by atoms with Gasteiger partial charge >= 0.3 is 0 Å². The highest BCUT2D eigenvalue weighted by Crippen LogP contribution is 2.28. The number of para-hydroxylation sites is 1. The van der Waals surface area contributed by atoms with Crippen molar-refractivity contribution in [3.05, 3.63) is 28.8 Å². The molecule has 96 valence electrons. The van der Waals surface area contributed by atoms with E-state index < -0.39 is 0 Å². The summed E-state index contributed by atoms with van der Waals surface area (Å²) in [6.45, 7) is 5.82. The maximum absolute atomic E-state index is 6.11. The van der Waals surface area contributed by atoms with Crippen LogP contribution in [0, 0.1) is 0 Å². The topological polar surface area (TPSA) is 30.5 Å². The second-order valence-corrected chi connectivity index (χ2v) is 4.43. The van der Waals surface area contributed by atoms with Gasteiger partial charge in [0, 0.05) is 12.1 Å². The van der Waals surface area contributed by atoms with Gasteiger partial charge in [0.15, 0.2) is 0 Å². The molecule has 4 heteroatoms. The third kappa shape index (κ3) is 4.94. The van der Waals surface area contributed by atoms with Crippen molar-refractivity contribution in [3.63, 3.8) is 0 Å². The van der Waals surface area contributed by atoms with Crippen LogP contribution in [0.15, 0.2) is 18.2 Å². The molecule has 3 nitrogen and oxygen atoms in total. The maximum Gasteiger partial charge on any atom is 0.142 e. The third-order valence-corrected chi connectivity index (χ3v) is 2.49. The van der Waals surface area contributed by atoms with Crippen LogP contribution >= 0.6 is 11.6 Å². The van der Waals surface area contributed by atoms with E-state index in [1.807, 2.05) is 39.1 Å². The van der Waals surface area contributed by atoms with Crippen LogP contribution in [0.25, 0.3) is 0 Å². The Hall–Kier alpha value is -0.770. The fourth-order valence-corrected chi connectivity index (χ4v) is 1.72. The van der Waals surface area contributed by atoms with Crippen LogP contribution < -0.4 is 10.1 Å². The molecule has 0 radical (unpaired) electrons. The molecular weight excluding hydrogens is 238 g/mol. The van der Waals surface area contributed by atoms with E-state index in [1.54, 1.807) is 0 Å². The third-order valence-electron chi connectivity index (χ3n) is 2.20. The van der Waals surface area contributed by atoms with Gasteiger partial charge in [-0.05, 0) is 27.0 Å². The molecule has 0 aliphatic carbocycles. The number of hydrogen-bond acceptors (Lipinski definition) is 3. The molecule has 0 aliphatic heterocycles. The molecule has 1 N–H and O–H groups in total. The molecule has 0 saturated heterocycles. The van der Waals surface area contributed by atoms with E-state index in [0.29, 0.717) is 18.2 Å². The lowest BCUT2D eigenvalue weighted by atomic mass is 10.2. The van der Waals surface area contributed by atoms with Gasteiger partial charge in [-0.15, -0.1) is 0 Å². The Morgan fingerprint density at radius 1 is 1.29 bits per heavy atom. The van der Waals surface area contributed by atoms with E-state index in [9.17, 15) is 0 Å². The van der Waals surface area contributed by atoms with Crippen molar-refractivity contribution in [1.29, 1.82) is 0 Å². The summed E-state index contributed by atoms with van der Waals surface area (Å²) in [6, 6.07) is 5.76. The summed E-state index contributed by atoms with van der Waals surface area (Å²) >= 11 is 6.11. The lowest BCUT2D eigenvalue weighted by Crippen LogP contribution is -2.13. The Kier molecular flexibility index (Phi) is 6.34. The molecule has 0 fully saturated rings. The SMILES string of the molecule is CNCc1cccc(Cl)c1OCCOC(C)C. The number of halogens is 1. The zero-order chi connectivity index (χ0) is 12.7. The lowest BCUT2D eigenvalue weighted by Gasteiger charge is -2.14. The van der Waals surface area contributed by atoms with Gasteiger partial charge < -0.3 is 14.8 Å². The minimum absolute atomic E-state index is 0.224. The molecule has 1 aromatic carbocycles. The Balaban J connectivity index is 2.56. The fourth-order valence-electron chi connectivity index (χ4n) is 1.47. The number of benzene rings is 1. The van der Waals surface area contributed by atoms with Gasteiger partial charge in [0.1, 0.15) is 12.4 Å². The lowest BCUT2D eigenvalue weighted by molar-refractivity contribution is 0.0551. The summed E-state index contributed by atoms with van der Waals surface area (Å²) in [7, 11) is 1.90. The summed E-state index contributed by atoms with van der Waals surface area (Å²) in [5.41, 5.74) is 1.06. The van der Waals surface area contributed by atoms with Crippen molar-refractivity contribution in [2.45, 2.75) is 26.5 Å². The number of nitrogens with one attached hydrogen (secondary N) is 1. The molecule has 1 aromatic rings. The van der Waals surface area contributed by atoms with Crippen LogP contribution in [0.5, 0.6) is 5.75 Å². The normalized spacial score (nSPS) is 10.9. The maximum atomic E-state index is 6.11. The smallest absolute Gasteiger partial charge is 0.142 e. The second-order valence-electron chi connectivity index (χ2n) is 4.03. The molecule has 0 aromatic heterocycles.